The Bertz CT molecular complexity index is 626. The largest absolute Gasteiger partial charge is 0.488 e. The van der Waals surface area contributed by atoms with Gasteiger partial charge in [0.25, 0.3) is 0 Å². The van der Waals surface area contributed by atoms with E-state index >= 15 is 0 Å². The highest BCUT2D eigenvalue weighted by Crippen LogP contribution is 2.22. The van der Waals surface area contributed by atoms with Crippen LogP contribution in [0.1, 0.15) is 5.56 Å². The Morgan fingerprint density at radius 1 is 1.28 bits per heavy atom. The summed E-state index contributed by atoms with van der Waals surface area (Å²) < 4.78 is 13.7. The quantitative estimate of drug-likeness (QED) is 0.749. The number of hydrogen-bond acceptors (Lipinski definition) is 4. The highest BCUT2D eigenvalue weighted by atomic mass is 19.1. The van der Waals surface area contributed by atoms with Crippen molar-refractivity contribution >= 4 is 12.6 Å². The SMILES string of the molecule is N#Cc1cccnc1-c1cc(B(O)O)ccc1F. The number of rotatable bonds is 2. The molecule has 0 amide bonds. The van der Waals surface area contributed by atoms with Crippen molar-refractivity contribution in [3.8, 4) is 17.3 Å². The van der Waals surface area contributed by atoms with Crippen LogP contribution in [-0.2, 0) is 0 Å². The molecule has 0 bridgehead atoms. The summed E-state index contributed by atoms with van der Waals surface area (Å²) in [4.78, 5) is 3.96. The van der Waals surface area contributed by atoms with Gasteiger partial charge in [0.1, 0.15) is 11.9 Å². The summed E-state index contributed by atoms with van der Waals surface area (Å²) in [6.45, 7) is 0. The maximum Gasteiger partial charge on any atom is 0.488 e. The molecule has 88 valence electrons. The van der Waals surface area contributed by atoms with Crippen molar-refractivity contribution in [2.45, 2.75) is 0 Å². The molecule has 2 rings (SSSR count). The molecule has 1 aromatic heterocycles. The van der Waals surface area contributed by atoms with E-state index < -0.39 is 12.9 Å². The van der Waals surface area contributed by atoms with Gasteiger partial charge >= 0.3 is 7.12 Å². The summed E-state index contributed by atoms with van der Waals surface area (Å²) in [5.41, 5.74) is 0.611. The van der Waals surface area contributed by atoms with Crippen LogP contribution in [0.4, 0.5) is 4.39 Å². The highest BCUT2D eigenvalue weighted by Gasteiger charge is 2.16. The number of hydrogen-bond donors (Lipinski definition) is 2. The first-order chi connectivity index (χ1) is 8.63. The molecular weight excluding hydrogens is 234 g/mol. The average molecular weight is 242 g/mol. The van der Waals surface area contributed by atoms with Crippen molar-refractivity contribution in [2.24, 2.45) is 0 Å². The Labute approximate surface area is 103 Å². The lowest BCUT2D eigenvalue weighted by Gasteiger charge is -2.07. The molecule has 0 aliphatic rings. The second-order valence-corrected chi connectivity index (χ2v) is 3.62. The van der Waals surface area contributed by atoms with Crippen LogP contribution in [0.3, 0.4) is 0 Å². The standard InChI is InChI=1S/C12H8BFN2O2/c14-11-4-3-9(13(17)18)6-10(11)12-8(7-15)2-1-5-16-12/h1-6,17-18H. The van der Waals surface area contributed by atoms with Gasteiger partial charge in [0.2, 0.25) is 0 Å². The van der Waals surface area contributed by atoms with Crippen LogP contribution in [0.5, 0.6) is 0 Å². The zero-order chi connectivity index (χ0) is 13.1. The van der Waals surface area contributed by atoms with E-state index in [-0.39, 0.29) is 22.3 Å². The van der Waals surface area contributed by atoms with Crippen LogP contribution < -0.4 is 5.46 Å². The van der Waals surface area contributed by atoms with Crippen molar-refractivity contribution < 1.29 is 14.4 Å². The van der Waals surface area contributed by atoms with Gasteiger partial charge in [-0.1, -0.05) is 12.1 Å². The Morgan fingerprint density at radius 3 is 2.72 bits per heavy atom. The predicted molar refractivity (Wildman–Crippen MR) is 64.2 cm³/mol. The Balaban J connectivity index is 2.63. The fraction of sp³-hybridized carbons (Fsp3) is 0. The number of nitriles is 1. The molecule has 2 aromatic rings. The third kappa shape index (κ3) is 2.23. The minimum absolute atomic E-state index is 0.0674. The van der Waals surface area contributed by atoms with Gasteiger partial charge in [-0.05, 0) is 23.7 Å². The maximum atomic E-state index is 13.7. The van der Waals surface area contributed by atoms with Crippen molar-refractivity contribution in [1.29, 1.82) is 5.26 Å². The van der Waals surface area contributed by atoms with Gasteiger partial charge < -0.3 is 10.0 Å². The van der Waals surface area contributed by atoms with E-state index in [9.17, 15) is 4.39 Å². The summed E-state index contributed by atoms with van der Waals surface area (Å²) in [7, 11) is -1.70. The molecule has 18 heavy (non-hydrogen) atoms. The number of pyridine rings is 1. The number of aromatic nitrogens is 1. The third-order valence-electron chi connectivity index (χ3n) is 2.47. The fourth-order valence-electron chi connectivity index (χ4n) is 1.60. The topological polar surface area (TPSA) is 77.1 Å². The zero-order valence-electron chi connectivity index (χ0n) is 9.21. The molecule has 0 aliphatic heterocycles. The molecule has 6 heteroatoms. The Kier molecular flexibility index (Phi) is 3.37. The molecule has 0 spiro atoms. The van der Waals surface area contributed by atoms with E-state index in [1.165, 1.54) is 24.4 Å². The van der Waals surface area contributed by atoms with Crippen LogP contribution in [0.2, 0.25) is 0 Å². The molecule has 0 radical (unpaired) electrons. The predicted octanol–water partition coefficient (Wildman–Crippen LogP) is 0.439. The molecular formula is C12H8BFN2O2. The van der Waals surface area contributed by atoms with Crippen LogP contribution in [0.15, 0.2) is 36.5 Å². The normalized spacial score (nSPS) is 9.89. The fourth-order valence-corrected chi connectivity index (χ4v) is 1.60. The Hall–Kier alpha value is -2.23. The molecule has 0 fully saturated rings. The van der Waals surface area contributed by atoms with Gasteiger partial charge in [0, 0.05) is 11.8 Å². The van der Waals surface area contributed by atoms with Gasteiger partial charge in [-0.15, -0.1) is 0 Å². The average Bonchev–Trinajstić information content (AvgIpc) is 2.39. The van der Waals surface area contributed by atoms with Crippen molar-refractivity contribution in [1.82, 2.24) is 4.98 Å². The van der Waals surface area contributed by atoms with Gasteiger partial charge in [-0.3, -0.25) is 4.98 Å². The number of benzene rings is 1. The van der Waals surface area contributed by atoms with Gasteiger partial charge in [0.05, 0.1) is 11.3 Å². The molecule has 0 aliphatic carbocycles. The van der Waals surface area contributed by atoms with E-state index in [0.29, 0.717) is 0 Å². The van der Waals surface area contributed by atoms with Crippen molar-refractivity contribution in [3.63, 3.8) is 0 Å². The smallest absolute Gasteiger partial charge is 0.423 e. The van der Waals surface area contributed by atoms with E-state index in [1.54, 1.807) is 6.07 Å². The van der Waals surface area contributed by atoms with E-state index in [1.807, 2.05) is 6.07 Å². The third-order valence-corrected chi connectivity index (χ3v) is 2.47. The van der Waals surface area contributed by atoms with Gasteiger partial charge in [-0.25, -0.2) is 4.39 Å². The van der Waals surface area contributed by atoms with Crippen molar-refractivity contribution in [3.05, 3.63) is 47.9 Å². The number of halogens is 1. The lowest BCUT2D eigenvalue weighted by atomic mass is 9.79. The van der Waals surface area contributed by atoms with Gasteiger partial charge in [-0.2, -0.15) is 5.26 Å². The lowest BCUT2D eigenvalue weighted by molar-refractivity contribution is 0.425. The van der Waals surface area contributed by atoms with E-state index in [0.717, 1.165) is 6.07 Å². The number of nitrogens with zero attached hydrogens (tertiary/aromatic N) is 2. The van der Waals surface area contributed by atoms with E-state index in [4.69, 9.17) is 15.3 Å². The summed E-state index contributed by atoms with van der Waals surface area (Å²) in [5.74, 6) is -0.574. The first-order valence-corrected chi connectivity index (χ1v) is 5.14. The summed E-state index contributed by atoms with van der Waals surface area (Å²) in [5, 5.41) is 27.1. The van der Waals surface area contributed by atoms with Gasteiger partial charge in [0.15, 0.2) is 0 Å². The Morgan fingerprint density at radius 2 is 2.06 bits per heavy atom. The molecule has 0 atom stereocenters. The van der Waals surface area contributed by atoms with Crippen LogP contribution >= 0.6 is 0 Å². The summed E-state index contributed by atoms with van der Waals surface area (Å²) in [6, 6.07) is 8.65. The monoisotopic (exact) mass is 242 g/mol. The summed E-state index contributed by atoms with van der Waals surface area (Å²) in [6.07, 6.45) is 1.44. The maximum absolute atomic E-state index is 13.7. The molecule has 0 unspecified atom stereocenters. The summed E-state index contributed by atoms with van der Waals surface area (Å²) >= 11 is 0. The van der Waals surface area contributed by atoms with Crippen LogP contribution in [0, 0.1) is 17.1 Å². The lowest BCUT2D eigenvalue weighted by Crippen LogP contribution is -2.29. The molecule has 1 heterocycles. The minimum atomic E-state index is -1.70. The minimum Gasteiger partial charge on any atom is -0.423 e. The van der Waals surface area contributed by atoms with Crippen LogP contribution in [-0.4, -0.2) is 22.2 Å². The van der Waals surface area contributed by atoms with Crippen LogP contribution in [0.25, 0.3) is 11.3 Å². The first kappa shape index (κ1) is 12.2. The van der Waals surface area contributed by atoms with E-state index in [2.05, 4.69) is 4.98 Å². The molecule has 1 aromatic carbocycles. The molecule has 4 nitrogen and oxygen atoms in total. The molecule has 0 saturated carbocycles. The second kappa shape index (κ2) is 4.96. The second-order valence-electron chi connectivity index (χ2n) is 3.62. The molecule has 2 N–H and O–H groups in total. The first-order valence-electron chi connectivity index (χ1n) is 5.14. The zero-order valence-corrected chi connectivity index (χ0v) is 9.21. The van der Waals surface area contributed by atoms with Crippen molar-refractivity contribution in [2.75, 3.05) is 0 Å². The molecule has 0 saturated heterocycles. The highest BCUT2D eigenvalue weighted by molar-refractivity contribution is 6.58.